The van der Waals surface area contributed by atoms with Gasteiger partial charge < -0.3 is 5.32 Å². The van der Waals surface area contributed by atoms with E-state index in [4.69, 9.17) is 0 Å². The third-order valence-electron chi connectivity index (χ3n) is 3.18. The van der Waals surface area contributed by atoms with Crippen LogP contribution in [0, 0.1) is 11.3 Å². The first-order chi connectivity index (χ1) is 7.89. The Balaban J connectivity index is 2.36. The maximum Gasteiger partial charge on any atom is 0.156 e. The summed E-state index contributed by atoms with van der Waals surface area (Å²) < 4.78 is 0. The van der Waals surface area contributed by atoms with Gasteiger partial charge in [0, 0.05) is 18.3 Å². The van der Waals surface area contributed by atoms with Gasteiger partial charge in [0.25, 0.3) is 0 Å². The second-order valence-electron chi connectivity index (χ2n) is 6.42. The summed E-state index contributed by atoms with van der Waals surface area (Å²) in [4.78, 5) is 4.69. The molecule has 1 atom stereocenters. The van der Waals surface area contributed by atoms with E-state index < -0.39 is 0 Å². The van der Waals surface area contributed by atoms with Gasteiger partial charge in [-0.3, -0.25) is 4.99 Å². The van der Waals surface area contributed by atoms with Crippen molar-refractivity contribution in [3.05, 3.63) is 0 Å². The topological polar surface area (TPSA) is 24.4 Å². The zero-order valence-corrected chi connectivity index (χ0v) is 12.9. The van der Waals surface area contributed by atoms with Crippen molar-refractivity contribution in [1.82, 2.24) is 5.32 Å². The van der Waals surface area contributed by atoms with Crippen LogP contribution in [-0.4, -0.2) is 23.5 Å². The minimum Gasteiger partial charge on any atom is -0.362 e. The first-order valence-corrected chi connectivity index (χ1v) is 7.82. The van der Waals surface area contributed by atoms with Crippen LogP contribution in [-0.2, 0) is 0 Å². The Hall–Kier alpha value is -0.180. The number of thioether (sulfide) groups is 1. The number of hydrogen-bond acceptors (Lipinski definition) is 2. The van der Waals surface area contributed by atoms with Crippen molar-refractivity contribution in [3.8, 4) is 0 Å². The summed E-state index contributed by atoms with van der Waals surface area (Å²) in [6.45, 7) is 12.4. The summed E-state index contributed by atoms with van der Waals surface area (Å²) in [5.41, 5.74) is 0.333. The molecule has 0 saturated carbocycles. The quantitative estimate of drug-likeness (QED) is 0.771. The van der Waals surface area contributed by atoms with E-state index in [1.165, 1.54) is 30.2 Å². The number of hydrogen-bond donors (Lipinski definition) is 1. The summed E-state index contributed by atoms with van der Waals surface area (Å²) in [5.74, 6) is 2.00. The molecule has 0 radical (unpaired) electrons. The normalized spacial score (nSPS) is 24.1. The molecule has 1 N–H and O–H groups in total. The van der Waals surface area contributed by atoms with Crippen molar-refractivity contribution in [1.29, 1.82) is 0 Å². The summed E-state index contributed by atoms with van der Waals surface area (Å²) in [7, 11) is 0. The Bertz CT molecular complexity index is 253. The number of aliphatic imine (C=N–C) groups is 1. The fraction of sp³-hybridized carbons (Fsp3) is 0.929. The molecule has 100 valence electrons. The van der Waals surface area contributed by atoms with Crippen LogP contribution in [0.25, 0.3) is 0 Å². The lowest BCUT2D eigenvalue weighted by Gasteiger charge is -2.35. The van der Waals surface area contributed by atoms with Crippen LogP contribution in [0.2, 0.25) is 0 Å². The molecule has 0 spiro atoms. The average Bonchev–Trinajstić information content (AvgIpc) is 2.23. The van der Waals surface area contributed by atoms with E-state index in [1.54, 1.807) is 0 Å². The molecule has 0 aliphatic carbocycles. The van der Waals surface area contributed by atoms with Crippen molar-refractivity contribution < 1.29 is 0 Å². The van der Waals surface area contributed by atoms with Gasteiger partial charge >= 0.3 is 0 Å². The highest BCUT2D eigenvalue weighted by atomic mass is 32.2. The Morgan fingerprint density at radius 3 is 2.71 bits per heavy atom. The highest BCUT2D eigenvalue weighted by Gasteiger charge is 2.28. The van der Waals surface area contributed by atoms with Crippen LogP contribution in [0.15, 0.2) is 4.99 Å². The predicted octanol–water partition coefficient (Wildman–Crippen LogP) is 3.92. The van der Waals surface area contributed by atoms with E-state index in [2.05, 4.69) is 44.9 Å². The number of nitrogens with one attached hydrogen (secondary N) is 1. The van der Waals surface area contributed by atoms with Crippen LogP contribution < -0.4 is 5.32 Å². The highest BCUT2D eigenvalue weighted by molar-refractivity contribution is 8.13. The average molecular weight is 256 g/mol. The monoisotopic (exact) mass is 256 g/mol. The summed E-state index contributed by atoms with van der Waals surface area (Å²) in [6, 6.07) is 0.576. The molecular formula is C14H28N2S. The summed E-state index contributed by atoms with van der Waals surface area (Å²) >= 11 is 1.88. The number of nitrogens with zero attached hydrogens (tertiary/aromatic N) is 1. The lowest BCUT2D eigenvalue weighted by atomic mass is 9.85. The van der Waals surface area contributed by atoms with E-state index in [9.17, 15) is 0 Å². The summed E-state index contributed by atoms with van der Waals surface area (Å²) in [5, 5.41) is 4.76. The van der Waals surface area contributed by atoms with E-state index in [0.29, 0.717) is 11.5 Å². The van der Waals surface area contributed by atoms with Crippen molar-refractivity contribution in [2.45, 2.75) is 59.9 Å². The maximum atomic E-state index is 4.69. The van der Waals surface area contributed by atoms with Crippen molar-refractivity contribution >= 4 is 16.9 Å². The van der Waals surface area contributed by atoms with Gasteiger partial charge in [0.05, 0.1) is 0 Å². The van der Waals surface area contributed by atoms with Crippen LogP contribution in [0.1, 0.15) is 53.9 Å². The minimum atomic E-state index is 0.333. The Labute approximate surface area is 111 Å². The molecule has 17 heavy (non-hydrogen) atoms. The van der Waals surface area contributed by atoms with Gasteiger partial charge in [-0.2, -0.15) is 0 Å². The van der Waals surface area contributed by atoms with Gasteiger partial charge in [-0.05, 0) is 30.6 Å². The molecule has 1 unspecified atom stereocenters. The second-order valence-corrected chi connectivity index (χ2v) is 7.51. The van der Waals surface area contributed by atoms with Gasteiger partial charge in [0.2, 0.25) is 0 Å². The van der Waals surface area contributed by atoms with Gasteiger partial charge in [0.15, 0.2) is 5.17 Å². The maximum absolute atomic E-state index is 4.69. The van der Waals surface area contributed by atoms with Gasteiger partial charge in [0.1, 0.15) is 0 Å². The Morgan fingerprint density at radius 1 is 1.41 bits per heavy atom. The smallest absolute Gasteiger partial charge is 0.156 e. The molecule has 1 rings (SSSR count). The van der Waals surface area contributed by atoms with Crippen molar-refractivity contribution in [2.24, 2.45) is 16.3 Å². The van der Waals surface area contributed by atoms with E-state index >= 15 is 0 Å². The zero-order chi connectivity index (χ0) is 12.9. The van der Waals surface area contributed by atoms with Crippen LogP contribution in [0.3, 0.4) is 0 Å². The largest absolute Gasteiger partial charge is 0.362 e. The molecule has 0 aromatic heterocycles. The third-order valence-corrected chi connectivity index (χ3v) is 4.14. The standard InChI is InChI=1S/C14H28N2S/c1-11(2)7-6-9-15-13-16-12(8-10-17-13)14(3,4)5/h11-12H,6-10H2,1-5H3,(H,15,16). The molecule has 0 aromatic carbocycles. The van der Waals surface area contributed by atoms with E-state index in [0.717, 1.165) is 12.5 Å². The Kier molecular flexibility index (Phi) is 5.84. The van der Waals surface area contributed by atoms with E-state index in [1.807, 2.05) is 11.8 Å². The molecule has 0 bridgehead atoms. The Morgan fingerprint density at radius 2 is 2.12 bits per heavy atom. The van der Waals surface area contributed by atoms with Crippen LogP contribution in [0.4, 0.5) is 0 Å². The van der Waals surface area contributed by atoms with Crippen molar-refractivity contribution in [2.75, 3.05) is 12.3 Å². The van der Waals surface area contributed by atoms with Crippen LogP contribution in [0.5, 0.6) is 0 Å². The molecule has 1 aliphatic heterocycles. The lowest BCUT2D eigenvalue weighted by molar-refractivity contribution is 0.290. The zero-order valence-electron chi connectivity index (χ0n) is 12.0. The van der Waals surface area contributed by atoms with Crippen molar-refractivity contribution in [3.63, 3.8) is 0 Å². The van der Waals surface area contributed by atoms with Gasteiger partial charge in [-0.15, -0.1) is 0 Å². The molecule has 0 aromatic rings. The molecule has 2 nitrogen and oxygen atoms in total. The molecule has 1 saturated heterocycles. The first-order valence-electron chi connectivity index (χ1n) is 6.83. The number of amidine groups is 1. The number of rotatable bonds is 4. The fourth-order valence-corrected chi connectivity index (χ4v) is 2.91. The fourth-order valence-electron chi connectivity index (χ4n) is 1.96. The van der Waals surface area contributed by atoms with Gasteiger partial charge in [-0.25, -0.2) is 0 Å². The molecule has 3 heteroatoms. The SMILES string of the molecule is CC(C)CCCN=C1NC(C(C)(C)C)CCS1. The molecule has 0 amide bonds. The third kappa shape index (κ3) is 5.80. The minimum absolute atomic E-state index is 0.333. The molecule has 1 heterocycles. The van der Waals surface area contributed by atoms with E-state index in [-0.39, 0.29) is 0 Å². The predicted molar refractivity (Wildman–Crippen MR) is 79.8 cm³/mol. The lowest BCUT2D eigenvalue weighted by Crippen LogP contribution is -2.46. The highest BCUT2D eigenvalue weighted by Crippen LogP contribution is 2.27. The second kappa shape index (κ2) is 6.67. The van der Waals surface area contributed by atoms with Crippen LogP contribution >= 0.6 is 11.8 Å². The molecule has 1 fully saturated rings. The first kappa shape index (κ1) is 14.9. The molecule has 1 aliphatic rings. The summed E-state index contributed by atoms with van der Waals surface area (Å²) in [6.07, 6.45) is 3.74. The van der Waals surface area contributed by atoms with Gasteiger partial charge in [-0.1, -0.05) is 46.4 Å². The molecular weight excluding hydrogens is 228 g/mol.